The van der Waals surface area contributed by atoms with Crippen molar-refractivity contribution < 1.29 is 23.9 Å². The zero-order valence-corrected chi connectivity index (χ0v) is 18.8. The van der Waals surface area contributed by atoms with Crippen LogP contribution >= 0.6 is 0 Å². The summed E-state index contributed by atoms with van der Waals surface area (Å²) in [6, 6.07) is 12.6. The number of alkyl carbamates (subject to hydrolysis) is 1. The molecule has 2 amide bonds. The Morgan fingerprint density at radius 2 is 1.73 bits per heavy atom. The SMILES string of the molecule is CCOC(=O)C(Cc1ccc(NC(=O)c2cccc(NC(=N)N)c2)cc1)NC(=O)OC(C)C. The van der Waals surface area contributed by atoms with Crippen molar-refractivity contribution in [3.63, 3.8) is 0 Å². The Balaban J connectivity index is 2.05. The molecule has 0 aromatic heterocycles. The van der Waals surface area contributed by atoms with Crippen LogP contribution < -0.4 is 21.7 Å². The molecule has 0 fully saturated rings. The number of carbonyl (C=O) groups is 3. The second kappa shape index (κ2) is 12.1. The highest BCUT2D eigenvalue weighted by Gasteiger charge is 2.23. The van der Waals surface area contributed by atoms with Crippen molar-refractivity contribution in [1.29, 1.82) is 5.41 Å². The number of guanidine groups is 1. The third kappa shape index (κ3) is 8.52. The molecule has 0 saturated carbocycles. The first kappa shape index (κ1) is 25.2. The van der Waals surface area contributed by atoms with Crippen LogP contribution in [-0.2, 0) is 20.7 Å². The molecule has 2 aromatic rings. The number of ether oxygens (including phenoxy) is 2. The Kier molecular flexibility index (Phi) is 9.22. The van der Waals surface area contributed by atoms with Gasteiger partial charge in [-0.25, -0.2) is 9.59 Å². The molecule has 0 aliphatic rings. The van der Waals surface area contributed by atoms with Crippen LogP contribution in [0.5, 0.6) is 0 Å². The number of hydrogen-bond acceptors (Lipinski definition) is 6. The quantitative estimate of drug-likeness (QED) is 0.221. The van der Waals surface area contributed by atoms with Crippen molar-refractivity contribution in [3.8, 4) is 0 Å². The van der Waals surface area contributed by atoms with Gasteiger partial charge >= 0.3 is 12.1 Å². The normalized spacial score (nSPS) is 11.3. The maximum atomic E-state index is 12.5. The molecule has 10 nitrogen and oxygen atoms in total. The van der Waals surface area contributed by atoms with Crippen molar-refractivity contribution in [2.75, 3.05) is 17.2 Å². The van der Waals surface area contributed by atoms with Gasteiger partial charge in [-0.05, 0) is 56.7 Å². The van der Waals surface area contributed by atoms with Gasteiger partial charge in [0, 0.05) is 23.4 Å². The third-order valence-corrected chi connectivity index (χ3v) is 4.26. The van der Waals surface area contributed by atoms with E-state index in [0.29, 0.717) is 16.9 Å². The fraction of sp³-hybridized carbons (Fsp3) is 0.304. The molecule has 1 unspecified atom stereocenters. The molecule has 0 aliphatic carbocycles. The monoisotopic (exact) mass is 455 g/mol. The molecule has 33 heavy (non-hydrogen) atoms. The van der Waals surface area contributed by atoms with Crippen LogP contribution in [0.2, 0.25) is 0 Å². The largest absolute Gasteiger partial charge is 0.464 e. The summed E-state index contributed by atoms with van der Waals surface area (Å²) in [6.07, 6.45) is -0.831. The fourth-order valence-corrected chi connectivity index (χ4v) is 2.88. The number of amides is 2. The predicted octanol–water partition coefficient (Wildman–Crippen LogP) is 2.85. The van der Waals surface area contributed by atoms with Crippen LogP contribution in [0.3, 0.4) is 0 Å². The molecule has 176 valence electrons. The minimum atomic E-state index is -0.909. The number of nitrogens with two attached hydrogens (primary N) is 1. The van der Waals surface area contributed by atoms with Gasteiger partial charge in [-0.3, -0.25) is 10.2 Å². The molecule has 0 heterocycles. The summed E-state index contributed by atoms with van der Waals surface area (Å²) < 4.78 is 10.1. The van der Waals surface area contributed by atoms with Gasteiger partial charge in [0.15, 0.2) is 5.96 Å². The van der Waals surface area contributed by atoms with E-state index in [1.807, 2.05) is 0 Å². The van der Waals surface area contributed by atoms with Gasteiger partial charge in [-0.2, -0.15) is 0 Å². The standard InChI is InChI=1S/C23H29N5O5/c1-4-32-21(30)19(28-23(31)33-14(2)3)12-15-8-10-17(11-9-15)26-20(29)16-6-5-7-18(13-16)27-22(24)25/h5-11,13-14,19H,4,12H2,1-3H3,(H,26,29)(H,28,31)(H4,24,25,27). The maximum Gasteiger partial charge on any atom is 0.408 e. The van der Waals surface area contributed by atoms with Gasteiger partial charge in [-0.1, -0.05) is 18.2 Å². The summed E-state index contributed by atoms with van der Waals surface area (Å²) in [5, 5.41) is 15.2. The van der Waals surface area contributed by atoms with E-state index < -0.39 is 18.1 Å². The van der Waals surface area contributed by atoms with Gasteiger partial charge in [0.25, 0.3) is 5.91 Å². The average molecular weight is 456 g/mol. The average Bonchev–Trinajstić information content (AvgIpc) is 2.74. The lowest BCUT2D eigenvalue weighted by Gasteiger charge is -2.18. The van der Waals surface area contributed by atoms with E-state index in [2.05, 4.69) is 16.0 Å². The minimum absolute atomic E-state index is 0.185. The summed E-state index contributed by atoms with van der Waals surface area (Å²) in [7, 11) is 0. The molecule has 2 aromatic carbocycles. The summed E-state index contributed by atoms with van der Waals surface area (Å²) in [5.74, 6) is -1.12. The molecule has 0 aliphatic heterocycles. The molecule has 2 rings (SSSR count). The Labute approximate surface area is 192 Å². The van der Waals surface area contributed by atoms with E-state index in [4.69, 9.17) is 20.6 Å². The Morgan fingerprint density at radius 3 is 2.33 bits per heavy atom. The van der Waals surface area contributed by atoms with E-state index in [-0.39, 0.29) is 31.0 Å². The lowest BCUT2D eigenvalue weighted by molar-refractivity contribution is -0.145. The van der Waals surface area contributed by atoms with Gasteiger partial charge in [0.05, 0.1) is 12.7 Å². The van der Waals surface area contributed by atoms with Crippen molar-refractivity contribution in [2.45, 2.75) is 39.3 Å². The van der Waals surface area contributed by atoms with E-state index in [0.717, 1.165) is 5.56 Å². The predicted molar refractivity (Wildman–Crippen MR) is 125 cm³/mol. The molecule has 0 radical (unpaired) electrons. The Hall–Kier alpha value is -4.08. The smallest absolute Gasteiger partial charge is 0.408 e. The third-order valence-electron chi connectivity index (χ3n) is 4.26. The van der Waals surface area contributed by atoms with E-state index in [9.17, 15) is 14.4 Å². The van der Waals surface area contributed by atoms with Gasteiger partial charge in [0.2, 0.25) is 0 Å². The van der Waals surface area contributed by atoms with Gasteiger partial charge in [0.1, 0.15) is 6.04 Å². The van der Waals surface area contributed by atoms with Crippen LogP contribution in [0.15, 0.2) is 48.5 Å². The molecule has 6 N–H and O–H groups in total. The Bertz CT molecular complexity index is 991. The molecule has 10 heteroatoms. The van der Waals surface area contributed by atoms with Gasteiger partial charge < -0.3 is 31.2 Å². The van der Waals surface area contributed by atoms with Gasteiger partial charge in [-0.15, -0.1) is 0 Å². The Morgan fingerprint density at radius 1 is 1.03 bits per heavy atom. The van der Waals surface area contributed by atoms with Crippen molar-refractivity contribution in [2.24, 2.45) is 5.73 Å². The zero-order valence-electron chi connectivity index (χ0n) is 18.8. The second-order valence-electron chi connectivity index (χ2n) is 7.38. The lowest BCUT2D eigenvalue weighted by atomic mass is 10.1. The van der Waals surface area contributed by atoms with Crippen molar-refractivity contribution in [1.82, 2.24) is 5.32 Å². The molecule has 0 spiro atoms. The number of nitrogens with one attached hydrogen (secondary N) is 4. The number of anilines is 2. The van der Waals surface area contributed by atoms with Crippen LogP contribution in [0.1, 0.15) is 36.7 Å². The topological polar surface area (TPSA) is 156 Å². The van der Waals surface area contributed by atoms with Crippen molar-refractivity contribution >= 4 is 35.3 Å². The molecule has 0 bridgehead atoms. The first-order chi connectivity index (χ1) is 15.7. The number of carbonyl (C=O) groups excluding carboxylic acids is 3. The minimum Gasteiger partial charge on any atom is -0.464 e. The highest BCUT2D eigenvalue weighted by atomic mass is 16.6. The number of rotatable bonds is 9. The second-order valence-corrected chi connectivity index (χ2v) is 7.38. The van der Waals surface area contributed by atoms with Crippen LogP contribution in [0.25, 0.3) is 0 Å². The maximum absolute atomic E-state index is 12.5. The van der Waals surface area contributed by atoms with E-state index in [1.165, 1.54) is 0 Å². The van der Waals surface area contributed by atoms with Crippen LogP contribution in [0, 0.1) is 5.41 Å². The number of hydrogen-bond donors (Lipinski definition) is 5. The summed E-state index contributed by atoms with van der Waals surface area (Å²) in [4.78, 5) is 36.7. The first-order valence-electron chi connectivity index (χ1n) is 10.4. The number of esters is 1. The molecule has 0 saturated heterocycles. The summed E-state index contributed by atoms with van der Waals surface area (Å²) in [6.45, 7) is 5.29. The highest BCUT2D eigenvalue weighted by Crippen LogP contribution is 2.15. The number of benzene rings is 2. The summed E-state index contributed by atoms with van der Waals surface area (Å²) >= 11 is 0. The summed E-state index contributed by atoms with van der Waals surface area (Å²) in [5.41, 5.74) is 7.54. The highest BCUT2D eigenvalue weighted by molar-refractivity contribution is 6.05. The fourth-order valence-electron chi connectivity index (χ4n) is 2.88. The lowest BCUT2D eigenvalue weighted by Crippen LogP contribution is -2.44. The first-order valence-corrected chi connectivity index (χ1v) is 10.4. The van der Waals surface area contributed by atoms with E-state index in [1.54, 1.807) is 69.3 Å². The van der Waals surface area contributed by atoms with Crippen LogP contribution in [0.4, 0.5) is 16.2 Å². The van der Waals surface area contributed by atoms with Crippen molar-refractivity contribution in [3.05, 3.63) is 59.7 Å². The van der Waals surface area contributed by atoms with E-state index >= 15 is 0 Å². The molecular formula is C23H29N5O5. The molecule has 1 atom stereocenters. The zero-order chi connectivity index (χ0) is 24.4. The van der Waals surface area contributed by atoms with Crippen LogP contribution in [-0.4, -0.2) is 42.7 Å². The molecular weight excluding hydrogens is 426 g/mol.